The number of morpholine rings is 1. The van der Waals surface area contributed by atoms with Crippen LogP contribution in [0.15, 0.2) is 0 Å². The molecule has 0 aromatic rings. The van der Waals surface area contributed by atoms with Gasteiger partial charge in [0.15, 0.2) is 5.11 Å². The minimum atomic E-state index is 0.221. The number of thiocarbonyl (C=S) groups is 1. The van der Waals surface area contributed by atoms with Crippen LogP contribution < -0.4 is 5.32 Å². The monoisotopic (exact) mass is 214 g/mol. The highest BCUT2D eigenvalue weighted by Gasteiger charge is 2.42. The Bertz CT molecular complexity index is 226. The van der Waals surface area contributed by atoms with Gasteiger partial charge in [-0.25, -0.2) is 0 Å². The van der Waals surface area contributed by atoms with E-state index in [1.54, 1.807) is 0 Å². The fourth-order valence-electron chi connectivity index (χ4n) is 2.63. The van der Waals surface area contributed by atoms with Crippen LogP contribution in [-0.4, -0.2) is 42.4 Å². The second-order valence-corrected chi connectivity index (χ2v) is 4.58. The number of hydrogen-bond donors (Lipinski definition) is 1. The molecule has 1 spiro atoms. The van der Waals surface area contributed by atoms with Gasteiger partial charge in [0.2, 0.25) is 0 Å². The van der Waals surface area contributed by atoms with Crippen molar-refractivity contribution in [2.24, 2.45) is 0 Å². The van der Waals surface area contributed by atoms with E-state index in [0.717, 1.165) is 24.9 Å². The summed E-state index contributed by atoms with van der Waals surface area (Å²) in [5.41, 5.74) is 0.221. The van der Waals surface area contributed by atoms with Gasteiger partial charge in [-0.15, -0.1) is 0 Å². The Morgan fingerprint density at radius 3 is 2.79 bits per heavy atom. The lowest BCUT2D eigenvalue weighted by atomic mass is 9.95. The fourth-order valence-corrected chi connectivity index (χ4v) is 2.92. The van der Waals surface area contributed by atoms with E-state index in [0.29, 0.717) is 0 Å². The van der Waals surface area contributed by atoms with Gasteiger partial charge < -0.3 is 15.0 Å². The van der Waals surface area contributed by atoms with Crippen LogP contribution in [0.5, 0.6) is 0 Å². The Kier molecular flexibility index (Phi) is 2.93. The summed E-state index contributed by atoms with van der Waals surface area (Å²) < 4.78 is 5.60. The lowest BCUT2D eigenvalue weighted by molar-refractivity contribution is -0.0301. The summed E-state index contributed by atoms with van der Waals surface area (Å²) >= 11 is 5.34. The van der Waals surface area contributed by atoms with Crippen molar-refractivity contribution in [1.82, 2.24) is 10.2 Å². The Morgan fingerprint density at radius 1 is 1.43 bits per heavy atom. The largest absolute Gasteiger partial charge is 0.377 e. The third-order valence-electron chi connectivity index (χ3n) is 3.40. The summed E-state index contributed by atoms with van der Waals surface area (Å²) in [4.78, 5) is 2.35. The maximum Gasteiger partial charge on any atom is 0.169 e. The van der Waals surface area contributed by atoms with Gasteiger partial charge in [-0.2, -0.15) is 0 Å². The predicted molar refractivity (Wildman–Crippen MR) is 60.4 cm³/mol. The first-order valence-corrected chi connectivity index (χ1v) is 5.76. The van der Waals surface area contributed by atoms with Crippen molar-refractivity contribution in [3.63, 3.8) is 0 Å². The van der Waals surface area contributed by atoms with E-state index in [4.69, 9.17) is 17.0 Å². The van der Waals surface area contributed by atoms with Gasteiger partial charge in [0.05, 0.1) is 18.8 Å². The summed E-state index contributed by atoms with van der Waals surface area (Å²) in [6.45, 7) is 2.61. The Hall–Kier alpha value is -0.350. The molecule has 2 aliphatic rings. The van der Waals surface area contributed by atoms with Crippen LogP contribution >= 0.6 is 12.2 Å². The maximum atomic E-state index is 5.60. The molecule has 2 fully saturated rings. The highest BCUT2D eigenvalue weighted by Crippen LogP contribution is 2.37. The van der Waals surface area contributed by atoms with E-state index in [2.05, 4.69) is 10.2 Å². The van der Waals surface area contributed by atoms with Gasteiger partial charge in [-0.1, -0.05) is 12.8 Å². The van der Waals surface area contributed by atoms with E-state index in [1.165, 1.54) is 25.7 Å². The van der Waals surface area contributed by atoms with E-state index in [-0.39, 0.29) is 5.54 Å². The van der Waals surface area contributed by atoms with E-state index in [9.17, 15) is 0 Å². The summed E-state index contributed by atoms with van der Waals surface area (Å²) in [7, 11) is 1.90. The SMILES string of the molecule is CNC(=S)N1CCOCC12CCCC2. The third-order valence-corrected chi connectivity index (χ3v) is 3.82. The molecule has 14 heavy (non-hydrogen) atoms. The maximum absolute atomic E-state index is 5.60. The van der Waals surface area contributed by atoms with Gasteiger partial charge in [0, 0.05) is 13.6 Å². The average molecular weight is 214 g/mol. The zero-order valence-electron chi connectivity index (χ0n) is 8.71. The topological polar surface area (TPSA) is 24.5 Å². The van der Waals surface area contributed by atoms with E-state index >= 15 is 0 Å². The van der Waals surface area contributed by atoms with Gasteiger partial charge in [-0.3, -0.25) is 0 Å². The van der Waals surface area contributed by atoms with Crippen molar-refractivity contribution in [3.8, 4) is 0 Å². The third kappa shape index (κ3) is 1.61. The van der Waals surface area contributed by atoms with E-state index < -0.39 is 0 Å². The summed E-state index contributed by atoms with van der Waals surface area (Å²) in [5.74, 6) is 0. The molecule has 1 aliphatic heterocycles. The lowest BCUT2D eigenvalue weighted by Crippen LogP contribution is -2.59. The Morgan fingerprint density at radius 2 is 2.14 bits per heavy atom. The molecular formula is C10H18N2OS. The number of hydrogen-bond acceptors (Lipinski definition) is 2. The molecule has 1 saturated heterocycles. The summed E-state index contributed by atoms with van der Waals surface area (Å²) in [6.07, 6.45) is 5.09. The second kappa shape index (κ2) is 4.03. The molecule has 1 aliphatic carbocycles. The van der Waals surface area contributed by atoms with Crippen LogP contribution in [0.2, 0.25) is 0 Å². The highest BCUT2D eigenvalue weighted by molar-refractivity contribution is 7.80. The molecule has 80 valence electrons. The molecule has 0 aromatic heterocycles. The molecule has 0 bridgehead atoms. The molecule has 0 amide bonds. The first-order chi connectivity index (χ1) is 6.78. The predicted octanol–water partition coefficient (Wildman–Crippen LogP) is 1.14. The van der Waals surface area contributed by atoms with Crippen LogP contribution in [0.1, 0.15) is 25.7 Å². The molecule has 3 nitrogen and oxygen atoms in total. The molecule has 1 N–H and O–H groups in total. The van der Waals surface area contributed by atoms with Gasteiger partial charge in [0.25, 0.3) is 0 Å². The molecule has 1 saturated carbocycles. The number of rotatable bonds is 0. The molecule has 0 radical (unpaired) electrons. The summed E-state index contributed by atoms with van der Waals surface area (Å²) in [5, 5.41) is 3.97. The quantitative estimate of drug-likeness (QED) is 0.611. The van der Waals surface area contributed by atoms with Gasteiger partial charge >= 0.3 is 0 Å². The van der Waals surface area contributed by atoms with Crippen molar-refractivity contribution in [3.05, 3.63) is 0 Å². The molecule has 0 unspecified atom stereocenters. The zero-order valence-corrected chi connectivity index (χ0v) is 9.53. The second-order valence-electron chi connectivity index (χ2n) is 4.19. The van der Waals surface area contributed by atoms with Gasteiger partial charge in [0.1, 0.15) is 0 Å². The normalized spacial score (nSPS) is 25.4. The van der Waals surface area contributed by atoms with Crippen LogP contribution in [0.25, 0.3) is 0 Å². The summed E-state index contributed by atoms with van der Waals surface area (Å²) in [6, 6.07) is 0. The van der Waals surface area contributed by atoms with Crippen molar-refractivity contribution in [2.75, 3.05) is 26.8 Å². The van der Waals surface area contributed by atoms with Gasteiger partial charge in [-0.05, 0) is 25.1 Å². The van der Waals surface area contributed by atoms with Crippen LogP contribution in [0.3, 0.4) is 0 Å². The first kappa shape index (κ1) is 10.2. The van der Waals surface area contributed by atoms with Crippen LogP contribution in [-0.2, 0) is 4.74 Å². The minimum absolute atomic E-state index is 0.221. The molecule has 2 rings (SSSR count). The Balaban J connectivity index is 2.14. The van der Waals surface area contributed by atoms with Crippen molar-refractivity contribution in [1.29, 1.82) is 0 Å². The smallest absolute Gasteiger partial charge is 0.169 e. The molecule has 0 aromatic carbocycles. The van der Waals surface area contributed by atoms with Crippen molar-refractivity contribution < 1.29 is 4.74 Å². The fraction of sp³-hybridized carbons (Fsp3) is 0.900. The molecular weight excluding hydrogens is 196 g/mol. The van der Waals surface area contributed by atoms with E-state index in [1.807, 2.05) is 7.05 Å². The highest BCUT2D eigenvalue weighted by atomic mass is 32.1. The van der Waals surface area contributed by atoms with Crippen molar-refractivity contribution in [2.45, 2.75) is 31.2 Å². The van der Waals surface area contributed by atoms with Crippen LogP contribution in [0, 0.1) is 0 Å². The standard InChI is InChI=1S/C10H18N2OS/c1-11-9(14)12-6-7-13-8-10(12)4-2-3-5-10/h2-8H2,1H3,(H,11,14). The molecule has 4 heteroatoms. The van der Waals surface area contributed by atoms with Crippen LogP contribution in [0.4, 0.5) is 0 Å². The first-order valence-electron chi connectivity index (χ1n) is 5.36. The molecule has 1 heterocycles. The lowest BCUT2D eigenvalue weighted by Gasteiger charge is -2.45. The number of nitrogens with zero attached hydrogens (tertiary/aromatic N) is 1. The zero-order chi connectivity index (χ0) is 10.0. The number of ether oxygens (including phenoxy) is 1. The number of nitrogens with one attached hydrogen (secondary N) is 1. The van der Waals surface area contributed by atoms with Crippen molar-refractivity contribution >= 4 is 17.3 Å². The Labute approximate surface area is 90.8 Å². The average Bonchev–Trinajstić information content (AvgIpc) is 2.67. The minimum Gasteiger partial charge on any atom is -0.377 e. The molecule has 0 atom stereocenters.